The summed E-state index contributed by atoms with van der Waals surface area (Å²) in [6.07, 6.45) is -0.278. The maximum atomic E-state index is 12.1. The molecule has 0 aromatic rings. The lowest BCUT2D eigenvalue weighted by Gasteiger charge is -2.22. The van der Waals surface area contributed by atoms with Gasteiger partial charge in [0.1, 0.15) is 0 Å². The van der Waals surface area contributed by atoms with Crippen molar-refractivity contribution in [2.24, 2.45) is 5.92 Å². The Morgan fingerprint density at radius 2 is 1.94 bits per heavy atom. The van der Waals surface area contributed by atoms with Gasteiger partial charge in [-0.1, -0.05) is 18.6 Å². The predicted octanol–water partition coefficient (Wildman–Crippen LogP) is 3.86. The van der Waals surface area contributed by atoms with E-state index in [1.165, 1.54) is 17.5 Å². The van der Waals surface area contributed by atoms with Crippen LogP contribution in [0.1, 0.15) is 33.6 Å². The fourth-order valence-electron chi connectivity index (χ4n) is 1.75. The molecule has 0 N–H and O–H groups in total. The monoisotopic (exact) mass is 237 g/mol. The van der Waals surface area contributed by atoms with Crippen molar-refractivity contribution in [1.29, 1.82) is 0 Å². The molecule has 96 valence electrons. The van der Waals surface area contributed by atoms with Crippen LogP contribution in [0.25, 0.3) is 0 Å². The third-order valence-electron chi connectivity index (χ3n) is 2.90. The van der Waals surface area contributed by atoms with E-state index >= 15 is 0 Å². The molecule has 0 radical (unpaired) electrons. The molecule has 0 bridgehead atoms. The summed E-state index contributed by atoms with van der Waals surface area (Å²) >= 11 is 0. The molecule has 0 amide bonds. The third-order valence-corrected chi connectivity index (χ3v) is 2.90. The van der Waals surface area contributed by atoms with Gasteiger partial charge in [0, 0.05) is 0 Å². The predicted molar refractivity (Wildman–Crippen MR) is 61.4 cm³/mol. The molecule has 0 spiro atoms. The summed E-state index contributed by atoms with van der Waals surface area (Å²) in [5.74, 6) is 0.403. The van der Waals surface area contributed by atoms with Gasteiger partial charge in [-0.3, -0.25) is 4.90 Å². The highest BCUT2D eigenvalue weighted by Crippen LogP contribution is 2.20. The fraction of sp³-hybridized carbons (Fsp3) is 0.833. The van der Waals surface area contributed by atoms with Crippen molar-refractivity contribution in [3.8, 4) is 0 Å². The number of halogens is 3. The second-order valence-electron chi connectivity index (χ2n) is 4.28. The molecule has 0 aliphatic carbocycles. The van der Waals surface area contributed by atoms with Gasteiger partial charge in [-0.15, -0.1) is 0 Å². The summed E-state index contributed by atoms with van der Waals surface area (Å²) in [5.41, 5.74) is 1.27. The first-order valence-corrected chi connectivity index (χ1v) is 5.68. The van der Waals surface area contributed by atoms with Crippen molar-refractivity contribution in [2.45, 2.75) is 39.8 Å². The van der Waals surface area contributed by atoms with Crippen LogP contribution in [0.5, 0.6) is 0 Å². The van der Waals surface area contributed by atoms with Gasteiger partial charge in [0.05, 0.1) is 6.54 Å². The first-order chi connectivity index (χ1) is 7.30. The molecule has 0 rings (SSSR count). The van der Waals surface area contributed by atoms with Gasteiger partial charge in [-0.25, -0.2) is 0 Å². The normalized spacial score (nSPS) is 15.6. The Morgan fingerprint density at radius 1 is 1.38 bits per heavy atom. The van der Waals surface area contributed by atoms with Gasteiger partial charge in [0.25, 0.3) is 0 Å². The zero-order valence-electron chi connectivity index (χ0n) is 10.6. The third kappa shape index (κ3) is 6.88. The van der Waals surface area contributed by atoms with Crippen LogP contribution in [0.15, 0.2) is 11.6 Å². The molecule has 0 saturated heterocycles. The van der Waals surface area contributed by atoms with Gasteiger partial charge in [-0.2, -0.15) is 13.2 Å². The van der Waals surface area contributed by atoms with E-state index in [0.717, 1.165) is 12.8 Å². The van der Waals surface area contributed by atoms with Crippen LogP contribution >= 0.6 is 0 Å². The molecular formula is C12H22F3N. The first-order valence-electron chi connectivity index (χ1n) is 5.68. The highest BCUT2D eigenvalue weighted by molar-refractivity contribution is 5.01. The maximum Gasteiger partial charge on any atom is 0.401 e. The number of allylic oxidation sites excluding steroid dienone is 2. The van der Waals surface area contributed by atoms with Crippen LogP contribution in [0.3, 0.4) is 0 Å². The minimum atomic E-state index is -4.09. The van der Waals surface area contributed by atoms with Crippen molar-refractivity contribution in [1.82, 2.24) is 4.90 Å². The van der Waals surface area contributed by atoms with E-state index in [1.807, 2.05) is 19.9 Å². The average molecular weight is 237 g/mol. The number of hydrogen-bond donors (Lipinski definition) is 0. The summed E-state index contributed by atoms with van der Waals surface area (Å²) < 4.78 is 36.3. The zero-order chi connectivity index (χ0) is 12.8. The molecule has 1 unspecified atom stereocenters. The van der Waals surface area contributed by atoms with Crippen LogP contribution in [0, 0.1) is 5.92 Å². The smallest absolute Gasteiger partial charge is 0.298 e. The SMILES string of the molecule is C/C=C(\C)C(CC)CCN(C)CC(F)(F)F. The van der Waals surface area contributed by atoms with Gasteiger partial charge < -0.3 is 0 Å². The minimum absolute atomic E-state index is 0.403. The molecule has 0 aliphatic rings. The van der Waals surface area contributed by atoms with Gasteiger partial charge in [0.15, 0.2) is 0 Å². The number of hydrogen-bond acceptors (Lipinski definition) is 1. The van der Waals surface area contributed by atoms with Crippen LogP contribution < -0.4 is 0 Å². The molecular weight excluding hydrogens is 215 g/mol. The van der Waals surface area contributed by atoms with E-state index < -0.39 is 12.7 Å². The minimum Gasteiger partial charge on any atom is -0.298 e. The molecule has 0 fully saturated rings. The summed E-state index contributed by atoms with van der Waals surface area (Å²) in [6.45, 7) is 5.75. The molecule has 16 heavy (non-hydrogen) atoms. The summed E-state index contributed by atoms with van der Waals surface area (Å²) in [4.78, 5) is 1.34. The Kier molecular flexibility index (Phi) is 6.72. The lowest BCUT2D eigenvalue weighted by atomic mass is 9.94. The second kappa shape index (κ2) is 6.94. The zero-order valence-corrected chi connectivity index (χ0v) is 10.6. The van der Waals surface area contributed by atoms with Crippen molar-refractivity contribution < 1.29 is 13.2 Å². The average Bonchev–Trinajstić information content (AvgIpc) is 2.15. The van der Waals surface area contributed by atoms with Crippen molar-refractivity contribution in [3.63, 3.8) is 0 Å². The fourth-order valence-corrected chi connectivity index (χ4v) is 1.75. The molecule has 0 saturated carbocycles. The highest BCUT2D eigenvalue weighted by Gasteiger charge is 2.29. The lowest BCUT2D eigenvalue weighted by Crippen LogP contribution is -2.32. The molecule has 1 atom stereocenters. The lowest BCUT2D eigenvalue weighted by molar-refractivity contribution is -0.143. The van der Waals surface area contributed by atoms with Crippen LogP contribution in [-0.2, 0) is 0 Å². The molecule has 1 nitrogen and oxygen atoms in total. The van der Waals surface area contributed by atoms with E-state index in [0.29, 0.717) is 12.5 Å². The summed E-state index contributed by atoms with van der Waals surface area (Å²) in [5, 5.41) is 0. The van der Waals surface area contributed by atoms with Crippen molar-refractivity contribution >= 4 is 0 Å². The van der Waals surface area contributed by atoms with Gasteiger partial charge in [-0.05, 0) is 46.2 Å². The van der Waals surface area contributed by atoms with Crippen LogP contribution in [0.4, 0.5) is 13.2 Å². The Morgan fingerprint density at radius 3 is 2.31 bits per heavy atom. The maximum absolute atomic E-state index is 12.1. The van der Waals surface area contributed by atoms with E-state index in [-0.39, 0.29) is 0 Å². The second-order valence-corrected chi connectivity index (χ2v) is 4.28. The molecule has 4 heteroatoms. The topological polar surface area (TPSA) is 3.24 Å². The molecule has 0 aromatic heterocycles. The highest BCUT2D eigenvalue weighted by atomic mass is 19.4. The Bertz CT molecular complexity index is 221. The Balaban J connectivity index is 4.03. The summed E-state index contributed by atoms with van der Waals surface area (Å²) in [7, 11) is 1.52. The van der Waals surface area contributed by atoms with E-state index in [9.17, 15) is 13.2 Å². The van der Waals surface area contributed by atoms with Crippen molar-refractivity contribution in [2.75, 3.05) is 20.1 Å². The number of nitrogens with zero attached hydrogens (tertiary/aromatic N) is 1. The van der Waals surface area contributed by atoms with E-state index in [1.54, 1.807) is 0 Å². The first kappa shape index (κ1) is 15.5. The standard InChI is InChI=1S/C12H22F3N/c1-5-10(3)11(6-2)7-8-16(4)9-12(13,14)15/h5,11H,6-9H2,1-4H3/b10-5+. The quantitative estimate of drug-likeness (QED) is 0.634. The Labute approximate surface area is 96.3 Å². The molecule has 0 aliphatic heterocycles. The summed E-state index contributed by atoms with van der Waals surface area (Å²) in [6, 6.07) is 0. The van der Waals surface area contributed by atoms with Crippen molar-refractivity contribution in [3.05, 3.63) is 11.6 Å². The van der Waals surface area contributed by atoms with E-state index in [2.05, 4.69) is 6.92 Å². The molecule has 0 aromatic carbocycles. The number of alkyl halides is 3. The molecule has 0 heterocycles. The Hall–Kier alpha value is -0.510. The van der Waals surface area contributed by atoms with Crippen LogP contribution in [-0.4, -0.2) is 31.2 Å². The largest absolute Gasteiger partial charge is 0.401 e. The van der Waals surface area contributed by atoms with E-state index in [4.69, 9.17) is 0 Å². The van der Waals surface area contributed by atoms with Gasteiger partial charge >= 0.3 is 6.18 Å². The number of rotatable bonds is 6. The van der Waals surface area contributed by atoms with Crippen LogP contribution in [0.2, 0.25) is 0 Å². The van der Waals surface area contributed by atoms with Gasteiger partial charge in [0.2, 0.25) is 0 Å².